The molecule has 152 valence electrons. The average molecular weight is 435 g/mol. The highest BCUT2D eigenvalue weighted by Gasteiger charge is 2.15. The molecule has 1 aromatic carbocycles. The molecule has 1 fully saturated rings. The SMILES string of the molecule is Cl.Cl.NCCCCCCC(=O)Nc1ccc2nc(N3CCOCC3)sc2c1. The number of halogens is 2. The lowest BCUT2D eigenvalue weighted by Gasteiger charge is -2.25. The molecule has 0 atom stereocenters. The third-order valence-corrected chi connectivity index (χ3v) is 5.38. The maximum atomic E-state index is 12.1. The zero-order chi connectivity index (χ0) is 17.5. The van der Waals surface area contributed by atoms with Crippen LogP contribution in [0, 0.1) is 0 Å². The predicted molar refractivity (Wildman–Crippen MR) is 118 cm³/mol. The molecule has 1 saturated heterocycles. The zero-order valence-corrected chi connectivity index (χ0v) is 17.8. The van der Waals surface area contributed by atoms with Crippen LogP contribution in [0.15, 0.2) is 18.2 Å². The molecule has 1 aromatic heterocycles. The molecule has 3 rings (SSSR count). The standard InChI is InChI=1S/C18H26N4O2S.2ClH/c19-8-4-2-1-3-5-17(23)20-14-6-7-15-16(13-14)25-18(21-15)22-9-11-24-12-10-22;;/h6-7,13H,1-5,8-12,19H2,(H,20,23);2*1H. The fraction of sp³-hybridized carbons (Fsp3) is 0.556. The van der Waals surface area contributed by atoms with Crippen molar-refractivity contribution in [2.75, 3.05) is 43.1 Å². The van der Waals surface area contributed by atoms with Gasteiger partial charge in [0, 0.05) is 25.2 Å². The number of nitrogens with two attached hydrogens (primary N) is 1. The summed E-state index contributed by atoms with van der Waals surface area (Å²) in [5, 5.41) is 4.02. The molecule has 0 aliphatic carbocycles. The molecule has 27 heavy (non-hydrogen) atoms. The Bertz CT molecular complexity index is 708. The van der Waals surface area contributed by atoms with Crippen LogP contribution in [0.5, 0.6) is 0 Å². The van der Waals surface area contributed by atoms with Crippen molar-refractivity contribution in [2.45, 2.75) is 32.1 Å². The quantitative estimate of drug-likeness (QED) is 0.616. The van der Waals surface area contributed by atoms with Gasteiger partial charge in [0.15, 0.2) is 5.13 Å². The monoisotopic (exact) mass is 434 g/mol. The van der Waals surface area contributed by atoms with Gasteiger partial charge in [0.05, 0.1) is 23.4 Å². The first kappa shape index (κ1) is 23.9. The first-order valence-corrected chi connectivity index (χ1v) is 9.81. The molecule has 1 amide bonds. The third-order valence-electron chi connectivity index (χ3n) is 4.30. The minimum Gasteiger partial charge on any atom is -0.378 e. The number of amides is 1. The van der Waals surface area contributed by atoms with Gasteiger partial charge >= 0.3 is 0 Å². The maximum Gasteiger partial charge on any atom is 0.224 e. The van der Waals surface area contributed by atoms with Gasteiger partial charge in [-0.2, -0.15) is 0 Å². The Morgan fingerprint density at radius 1 is 1.19 bits per heavy atom. The molecule has 0 unspecified atom stereocenters. The first-order valence-electron chi connectivity index (χ1n) is 8.99. The summed E-state index contributed by atoms with van der Waals surface area (Å²) >= 11 is 1.67. The molecule has 2 aromatic rings. The number of carbonyl (C=O) groups is 1. The number of hydrogen-bond donors (Lipinski definition) is 2. The molecule has 2 heterocycles. The van der Waals surface area contributed by atoms with Crippen LogP contribution in [0.1, 0.15) is 32.1 Å². The molecule has 0 saturated carbocycles. The predicted octanol–water partition coefficient (Wildman–Crippen LogP) is 3.82. The minimum absolute atomic E-state index is 0. The van der Waals surface area contributed by atoms with E-state index < -0.39 is 0 Å². The summed E-state index contributed by atoms with van der Waals surface area (Å²) in [5.74, 6) is 0.0741. The van der Waals surface area contributed by atoms with Crippen molar-refractivity contribution >= 4 is 63.1 Å². The Morgan fingerprint density at radius 3 is 2.67 bits per heavy atom. The Balaban J connectivity index is 0.00000182. The molecular weight excluding hydrogens is 407 g/mol. The molecule has 3 N–H and O–H groups in total. The van der Waals surface area contributed by atoms with E-state index in [1.165, 1.54) is 0 Å². The Hall–Kier alpha value is -1.12. The third kappa shape index (κ3) is 7.08. The van der Waals surface area contributed by atoms with Gasteiger partial charge in [0.25, 0.3) is 0 Å². The normalized spacial score (nSPS) is 13.7. The number of nitrogens with zero attached hydrogens (tertiary/aromatic N) is 2. The van der Waals surface area contributed by atoms with Crippen molar-refractivity contribution < 1.29 is 9.53 Å². The zero-order valence-electron chi connectivity index (χ0n) is 15.3. The lowest BCUT2D eigenvalue weighted by molar-refractivity contribution is -0.116. The molecule has 6 nitrogen and oxygen atoms in total. The van der Waals surface area contributed by atoms with Gasteiger partial charge in [-0.3, -0.25) is 4.79 Å². The van der Waals surface area contributed by atoms with Crippen LogP contribution in [-0.2, 0) is 9.53 Å². The molecule has 1 aliphatic rings. The van der Waals surface area contributed by atoms with E-state index in [9.17, 15) is 4.79 Å². The van der Waals surface area contributed by atoms with Crippen molar-refractivity contribution in [3.8, 4) is 0 Å². The molecule has 0 bridgehead atoms. The lowest BCUT2D eigenvalue weighted by atomic mass is 10.1. The number of thiazole rings is 1. The smallest absolute Gasteiger partial charge is 0.224 e. The number of rotatable bonds is 8. The van der Waals surface area contributed by atoms with E-state index in [1.54, 1.807) is 11.3 Å². The van der Waals surface area contributed by atoms with Crippen LogP contribution in [0.3, 0.4) is 0 Å². The average Bonchev–Trinajstić information content (AvgIpc) is 3.06. The first-order chi connectivity index (χ1) is 12.3. The number of benzene rings is 1. The molecule has 0 spiro atoms. The summed E-state index contributed by atoms with van der Waals surface area (Å²) in [4.78, 5) is 19.0. The second-order valence-electron chi connectivity index (χ2n) is 6.28. The van der Waals surface area contributed by atoms with E-state index in [-0.39, 0.29) is 30.7 Å². The van der Waals surface area contributed by atoms with Crippen molar-refractivity contribution in [1.82, 2.24) is 4.98 Å². The highest BCUT2D eigenvalue weighted by Crippen LogP contribution is 2.31. The van der Waals surface area contributed by atoms with Gasteiger partial charge in [-0.05, 0) is 37.6 Å². The van der Waals surface area contributed by atoms with E-state index in [4.69, 9.17) is 15.5 Å². The minimum atomic E-state index is 0. The number of nitrogens with one attached hydrogen (secondary N) is 1. The summed E-state index contributed by atoms with van der Waals surface area (Å²) in [6.07, 6.45) is 4.66. The fourth-order valence-corrected chi connectivity index (χ4v) is 3.94. The molecule has 0 radical (unpaired) electrons. The fourth-order valence-electron chi connectivity index (χ4n) is 2.89. The number of aromatic nitrogens is 1. The van der Waals surface area contributed by atoms with Crippen molar-refractivity contribution in [2.24, 2.45) is 5.73 Å². The highest BCUT2D eigenvalue weighted by atomic mass is 35.5. The van der Waals surface area contributed by atoms with Crippen LogP contribution in [0.4, 0.5) is 10.8 Å². The van der Waals surface area contributed by atoms with Crippen LogP contribution in [0.25, 0.3) is 10.2 Å². The number of carbonyl (C=O) groups excluding carboxylic acids is 1. The van der Waals surface area contributed by atoms with Crippen LogP contribution < -0.4 is 16.0 Å². The Morgan fingerprint density at radius 2 is 1.93 bits per heavy atom. The van der Waals surface area contributed by atoms with Crippen molar-refractivity contribution in [3.63, 3.8) is 0 Å². The lowest BCUT2D eigenvalue weighted by Crippen LogP contribution is -2.36. The van der Waals surface area contributed by atoms with Gasteiger partial charge < -0.3 is 20.7 Å². The van der Waals surface area contributed by atoms with Crippen LogP contribution in [0.2, 0.25) is 0 Å². The molecule has 9 heteroatoms. The second-order valence-corrected chi connectivity index (χ2v) is 7.29. The summed E-state index contributed by atoms with van der Waals surface area (Å²) in [6, 6.07) is 5.92. The Labute approximate surface area is 176 Å². The molecule has 1 aliphatic heterocycles. The van der Waals surface area contributed by atoms with E-state index >= 15 is 0 Å². The summed E-state index contributed by atoms with van der Waals surface area (Å²) in [7, 11) is 0. The number of fused-ring (bicyclic) bond motifs is 1. The van der Waals surface area contributed by atoms with Gasteiger partial charge in [-0.1, -0.05) is 24.2 Å². The van der Waals surface area contributed by atoms with Gasteiger partial charge in [-0.25, -0.2) is 4.98 Å². The van der Waals surface area contributed by atoms with E-state index in [1.807, 2.05) is 18.2 Å². The maximum absolute atomic E-state index is 12.1. The number of ether oxygens (including phenoxy) is 1. The van der Waals surface area contributed by atoms with Gasteiger partial charge in [-0.15, -0.1) is 24.8 Å². The summed E-state index contributed by atoms with van der Waals surface area (Å²) < 4.78 is 6.49. The van der Waals surface area contributed by atoms with E-state index in [0.29, 0.717) is 6.42 Å². The second kappa shape index (κ2) is 12.4. The van der Waals surface area contributed by atoms with Crippen LogP contribution in [-0.4, -0.2) is 43.7 Å². The van der Waals surface area contributed by atoms with Gasteiger partial charge in [0.2, 0.25) is 5.91 Å². The van der Waals surface area contributed by atoms with Crippen LogP contribution >= 0.6 is 36.2 Å². The summed E-state index contributed by atoms with van der Waals surface area (Å²) in [6.45, 7) is 4.00. The number of anilines is 2. The van der Waals surface area contributed by atoms with E-state index in [2.05, 4.69) is 10.2 Å². The number of morpholine rings is 1. The number of unbranched alkanes of at least 4 members (excludes halogenated alkanes) is 3. The van der Waals surface area contributed by atoms with E-state index in [0.717, 1.165) is 79.6 Å². The molecular formula is C18H28Cl2N4O2S. The Kier molecular flexibility index (Phi) is 10.9. The highest BCUT2D eigenvalue weighted by molar-refractivity contribution is 7.22. The largest absolute Gasteiger partial charge is 0.378 e. The van der Waals surface area contributed by atoms with Crippen molar-refractivity contribution in [3.05, 3.63) is 18.2 Å². The van der Waals surface area contributed by atoms with Gasteiger partial charge in [0.1, 0.15) is 0 Å². The van der Waals surface area contributed by atoms with Crippen molar-refractivity contribution in [1.29, 1.82) is 0 Å². The number of hydrogen-bond acceptors (Lipinski definition) is 6. The summed E-state index contributed by atoms with van der Waals surface area (Å²) in [5.41, 5.74) is 7.30. The topological polar surface area (TPSA) is 80.5 Å².